The maximum atomic E-state index is 12.3. The van der Waals surface area contributed by atoms with Crippen LogP contribution in [0.3, 0.4) is 0 Å². The first-order chi connectivity index (χ1) is 10.8. The van der Waals surface area contributed by atoms with E-state index < -0.39 is 0 Å². The second kappa shape index (κ2) is 6.93. The number of hydrogen-bond donors (Lipinski definition) is 2. The van der Waals surface area contributed by atoms with Gasteiger partial charge in [0, 0.05) is 31.0 Å². The maximum Gasteiger partial charge on any atom is 0.323 e. The van der Waals surface area contributed by atoms with Gasteiger partial charge in [0.2, 0.25) is 0 Å². The van der Waals surface area contributed by atoms with Crippen molar-refractivity contribution in [3.63, 3.8) is 0 Å². The summed E-state index contributed by atoms with van der Waals surface area (Å²) in [6.45, 7) is 1.49. The van der Waals surface area contributed by atoms with Crippen LogP contribution in [0.5, 0.6) is 0 Å². The van der Waals surface area contributed by atoms with Crippen molar-refractivity contribution >= 4 is 17.5 Å². The van der Waals surface area contributed by atoms with Gasteiger partial charge in [-0.05, 0) is 37.1 Å². The molecule has 5 heteroatoms. The molecule has 0 saturated carbocycles. The predicted molar refractivity (Wildman–Crippen MR) is 87.9 cm³/mol. The Balaban J connectivity index is 1.57. The number of likely N-dealkylation sites (tertiary alicyclic amines) is 1. The molecule has 0 bridgehead atoms. The molecule has 1 aliphatic rings. The zero-order valence-electron chi connectivity index (χ0n) is 12.4. The monoisotopic (exact) mass is 296 g/mol. The van der Waals surface area contributed by atoms with Crippen LogP contribution in [-0.2, 0) is 0 Å². The van der Waals surface area contributed by atoms with Crippen molar-refractivity contribution in [3.05, 3.63) is 54.7 Å². The summed E-state index contributed by atoms with van der Waals surface area (Å²) in [7, 11) is 0. The Labute approximate surface area is 130 Å². The number of nitrogens with one attached hydrogen (secondary N) is 2. The molecule has 1 atom stereocenters. The molecular weight excluding hydrogens is 276 g/mol. The van der Waals surface area contributed by atoms with Gasteiger partial charge in [0.25, 0.3) is 0 Å². The second-order valence-corrected chi connectivity index (χ2v) is 5.44. The summed E-state index contributed by atoms with van der Waals surface area (Å²) >= 11 is 0. The van der Waals surface area contributed by atoms with Crippen molar-refractivity contribution in [2.75, 3.05) is 23.7 Å². The first-order valence-corrected chi connectivity index (χ1v) is 7.60. The van der Waals surface area contributed by atoms with Gasteiger partial charge in [-0.15, -0.1) is 0 Å². The summed E-state index contributed by atoms with van der Waals surface area (Å²) in [5.74, 6) is 0.589. The summed E-state index contributed by atoms with van der Waals surface area (Å²) in [6, 6.07) is 15.8. The molecule has 1 aromatic heterocycles. The Kier molecular flexibility index (Phi) is 4.53. The van der Waals surface area contributed by atoms with Crippen LogP contribution >= 0.6 is 0 Å². The van der Waals surface area contributed by atoms with Gasteiger partial charge >= 0.3 is 6.03 Å². The molecule has 1 saturated heterocycles. The Morgan fingerprint density at radius 3 is 2.73 bits per heavy atom. The van der Waals surface area contributed by atoms with E-state index in [1.165, 1.54) is 0 Å². The van der Waals surface area contributed by atoms with Gasteiger partial charge in [-0.3, -0.25) is 5.32 Å². The number of para-hydroxylation sites is 1. The topological polar surface area (TPSA) is 57.3 Å². The van der Waals surface area contributed by atoms with Crippen LogP contribution in [0.25, 0.3) is 0 Å². The lowest BCUT2D eigenvalue weighted by molar-refractivity contribution is 0.196. The standard InChI is InChI=1S/C17H20N4O/c22-17(20-16-10-4-5-11-18-16)21-12-6-9-15(13-21)19-14-7-2-1-3-8-14/h1-5,7-8,10-11,15,19H,6,9,12-13H2,(H,18,20,22)/t15-/m1/s1. The average molecular weight is 296 g/mol. The van der Waals surface area contributed by atoms with Crippen LogP contribution in [0.4, 0.5) is 16.3 Å². The Bertz CT molecular complexity index is 603. The molecule has 5 nitrogen and oxygen atoms in total. The number of benzene rings is 1. The van der Waals surface area contributed by atoms with Gasteiger partial charge < -0.3 is 10.2 Å². The molecule has 114 valence electrons. The fraction of sp³-hybridized carbons (Fsp3) is 0.294. The largest absolute Gasteiger partial charge is 0.381 e. The number of carbonyl (C=O) groups excluding carboxylic acids is 1. The lowest BCUT2D eigenvalue weighted by Crippen LogP contribution is -2.46. The van der Waals surface area contributed by atoms with Crippen LogP contribution in [0.15, 0.2) is 54.7 Å². The van der Waals surface area contributed by atoms with Crippen molar-refractivity contribution in [3.8, 4) is 0 Å². The highest BCUT2D eigenvalue weighted by Crippen LogP contribution is 2.16. The number of nitrogens with zero attached hydrogens (tertiary/aromatic N) is 2. The normalized spacial score (nSPS) is 17.8. The molecule has 2 N–H and O–H groups in total. The number of piperidine rings is 1. The van der Waals surface area contributed by atoms with Crippen LogP contribution in [0, 0.1) is 0 Å². The van der Waals surface area contributed by atoms with Gasteiger partial charge in [0.05, 0.1) is 0 Å². The third kappa shape index (κ3) is 3.75. The van der Waals surface area contributed by atoms with E-state index in [2.05, 4.69) is 15.6 Å². The highest BCUT2D eigenvalue weighted by molar-refractivity contribution is 5.88. The van der Waals surface area contributed by atoms with E-state index in [9.17, 15) is 4.79 Å². The number of rotatable bonds is 3. The third-order valence-corrected chi connectivity index (χ3v) is 3.75. The van der Waals surface area contributed by atoms with E-state index in [4.69, 9.17) is 0 Å². The van der Waals surface area contributed by atoms with Gasteiger partial charge in [-0.25, -0.2) is 9.78 Å². The summed E-state index contributed by atoms with van der Waals surface area (Å²) < 4.78 is 0. The number of carbonyl (C=O) groups is 1. The molecule has 3 rings (SSSR count). The second-order valence-electron chi connectivity index (χ2n) is 5.44. The number of hydrogen-bond acceptors (Lipinski definition) is 3. The van der Waals surface area contributed by atoms with Crippen molar-refractivity contribution in [1.82, 2.24) is 9.88 Å². The summed E-state index contributed by atoms with van der Waals surface area (Å²) in [5, 5.41) is 6.34. The fourth-order valence-corrected chi connectivity index (χ4v) is 2.67. The zero-order chi connectivity index (χ0) is 15.2. The first-order valence-electron chi connectivity index (χ1n) is 7.60. The number of amides is 2. The minimum atomic E-state index is -0.0849. The highest BCUT2D eigenvalue weighted by atomic mass is 16.2. The Morgan fingerprint density at radius 2 is 1.95 bits per heavy atom. The van der Waals surface area contributed by atoms with Crippen LogP contribution in [-0.4, -0.2) is 35.0 Å². The molecule has 0 aliphatic carbocycles. The van der Waals surface area contributed by atoms with Gasteiger partial charge in [0.15, 0.2) is 0 Å². The van der Waals surface area contributed by atoms with E-state index >= 15 is 0 Å². The van der Waals surface area contributed by atoms with E-state index in [1.54, 1.807) is 12.3 Å². The minimum Gasteiger partial charge on any atom is -0.381 e. The molecule has 2 aromatic rings. The molecule has 2 heterocycles. The minimum absolute atomic E-state index is 0.0849. The van der Waals surface area contributed by atoms with E-state index in [0.717, 1.165) is 25.1 Å². The highest BCUT2D eigenvalue weighted by Gasteiger charge is 2.23. The van der Waals surface area contributed by atoms with Gasteiger partial charge in [-0.2, -0.15) is 0 Å². The zero-order valence-corrected chi connectivity index (χ0v) is 12.4. The number of pyridine rings is 1. The number of aromatic nitrogens is 1. The van der Waals surface area contributed by atoms with Crippen molar-refractivity contribution in [1.29, 1.82) is 0 Å². The molecule has 22 heavy (non-hydrogen) atoms. The Morgan fingerprint density at radius 1 is 1.14 bits per heavy atom. The smallest absolute Gasteiger partial charge is 0.323 e. The fourth-order valence-electron chi connectivity index (χ4n) is 2.67. The SMILES string of the molecule is O=C(Nc1ccccn1)N1CCC[C@@H](Nc2ccccc2)C1. The first kappa shape index (κ1) is 14.4. The lowest BCUT2D eigenvalue weighted by atomic mass is 10.1. The van der Waals surface area contributed by atoms with Crippen molar-refractivity contribution in [2.45, 2.75) is 18.9 Å². The summed E-state index contributed by atoms with van der Waals surface area (Å²) in [5.41, 5.74) is 1.10. The quantitative estimate of drug-likeness (QED) is 0.914. The van der Waals surface area contributed by atoms with Crippen molar-refractivity contribution in [2.24, 2.45) is 0 Å². The molecule has 1 aromatic carbocycles. The Hall–Kier alpha value is -2.56. The predicted octanol–water partition coefficient (Wildman–Crippen LogP) is 3.19. The van der Waals surface area contributed by atoms with Gasteiger partial charge in [-0.1, -0.05) is 24.3 Å². The van der Waals surface area contributed by atoms with Crippen LogP contribution in [0.1, 0.15) is 12.8 Å². The van der Waals surface area contributed by atoms with E-state index in [-0.39, 0.29) is 12.1 Å². The van der Waals surface area contributed by atoms with Gasteiger partial charge in [0.1, 0.15) is 5.82 Å². The summed E-state index contributed by atoms with van der Waals surface area (Å²) in [6.07, 6.45) is 3.74. The van der Waals surface area contributed by atoms with Crippen molar-refractivity contribution < 1.29 is 4.79 Å². The van der Waals surface area contributed by atoms with E-state index in [0.29, 0.717) is 12.4 Å². The molecule has 1 aliphatic heterocycles. The third-order valence-electron chi connectivity index (χ3n) is 3.75. The van der Waals surface area contributed by atoms with E-state index in [1.807, 2.05) is 47.4 Å². The molecule has 0 unspecified atom stereocenters. The molecule has 2 amide bonds. The molecule has 1 fully saturated rings. The molecule has 0 spiro atoms. The summed E-state index contributed by atoms with van der Waals surface area (Å²) in [4.78, 5) is 18.3. The molecule has 0 radical (unpaired) electrons. The maximum absolute atomic E-state index is 12.3. The molecular formula is C17H20N4O. The number of urea groups is 1. The van der Waals surface area contributed by atoms with Crippen LogP contribution in [0.2, 0.25) is 0 Å². The average Bonchev–Trinajstić information content (AvgIpc) is 2.57. The lowest BCUT2D eigenvalue weighted by Gasteiger charge is -2.33. The number of anilines is 2. The van der Waals surface area contributed by atoms with Crippen LogP contribution < -0.4 is 10.6 Å².